The first-order valence-electron chi connectivity index (χ1n) is 14.1. The Labute approximate surface area is 210 Å². The average molecular weight is 485 g/mol. The second-order valence-electron chi connectivity index (χ2n) is 9.42. The molecule has 0 aliphatic heterocycles. The molecule has 1 atom stereocenters. The molecule has 0 aliphatic carbocycles. The van der Waals surface area contributed by atoms with Gasteiger partial charge in [0.05, 0.1) is 6.10 Å². The molecule has 5 heteroatoms. The summed E-state index contributed by atoms with van der Waals surface area (Å²) in [5.41, 5.74) is 0. The molecule has 0 radical (unpaired) electrons. The quantitative estimate of drug-likeness (QED) is 0.0864. The van der Waals surface area contributed by atoms with Crippen LogP contribution in [-0.2, 0) is 14.3 Å². The fourth-order valence-corrected chi connectivity index (χ4v) is 3.51. The van der Waals surface area contributed by atoms with Crippen LogP contribution in [0.3, 0.4) is 0 Å². The van der Waals surface area contributed by atoms with Crippen LogP contribution in [-0.4, -0.2) is 34.9 Å². The summed E-state index contributed by atoms with van der Waals surface area (Å²) in [6.07, 6.45) is 26.8. The molecule has 0 bridgehead atoms. The van der Waals surface area contributed by atoms with Crippen molar-refractivity contribution in [3.8, 4) is 0 Å². The van der Waals surface area contributed by atoms with Crippen LogP contribution in [0, 0.1) is 0 Å². The van der Waals surface area contributed by atoms with Gasteiger partial charge in [-0.2, -0.15) is 0 Å². The monoisotopic (exact) mass is 484 g/mol. The number of aliphatic carboxylic acids is 1. The molecule has 2 N–H and O–H groups in total. The van der Waals surface area contributed by atoms with Gasteiger partial charge in [-0.05, 0) is 45.4 Å². The van der Waals surface area contributed by atoms with Gasteiger partial charge in [-0.3, -0.25) is 9.59 Å². The van der Waals surface area contributed by atoms with Gasteiger partial charge in [-0.15, -0.1) is 0 Å². The SMILES string of the molecule is CCCCCCCC(=O)OCC(C)O.CCCCCCCC/C=C\CCCCCCCC(=O)O. The molecule has 0 rings (SSSR count). The molecular weight excluding hydrogens is 428 g/mol. The molecule has 1 unspecified atom stereocenters. The third-order valence-corrected chi connectivity index (χ3v) is 5.62. The van der Waals surface area contributed by atoms with Crippen molar-refractivity contribution in [2.45, 2.75) is 155 Å². The van der Waals surface area contributed by atoms with Crippen molar-refractivity contribution in [2.75, 3.05) is 6.61 Å². The largest absolute Gasteiger partial charge is 0.481 e. The van der Waals surface area contributed by atoms with Gasteiger partial charge >= 0.3 is 11.9 Å². The highest BCUT2D eigenvalue weighted by Crippen LogP contribution is 2.10. The van der Waals surface area contributed by atoms with E-state index in [4.69, 9.17) is 14.9 Å². The van der Waals surface area contributed by atoms with Gasteiger partial charge in [0, 0.05) is 12.8 Å². The lowest BCUT2D eigenvalue weighted by Gasteiger charge is -2.06. The van der Waals surface area contributed by atoms with Gasteiger partial charge in [-0.25, -0.2) is 0 Å². The number of carbonyl (C=O) groups is 2. The summed E-state index contributed by atoms with van der Waals surface area (Å²) < 4.78 is 4.82. The van der Waals surface area contributed by atoms with Crippen LogP contribution in [0.15, 0.2) is 12.2 Å². The summed E-state index contributed by atoms with van der Waals surface area (Å²) in [4.78, 5) is 21.4. The number of unbranched alkanes of at least 4 members (excludes halogenated alkanes) is 15. The van der Waals surface area contributed by atoms with Crippen LogP contribution in [0.4, 0.5) is 0 Å². The van der Waals surface area contributed by atoms with Gasteiger partial charge in [0.2, 0.25) is 0 Å². The maximum absolute atomic E-state index is 11.0. The third-order valence-electron chi connectivity index (χ3n) is 5.62. The molecule has 34 heavy (non-hydrogen) atoms. The first-order chi connectivity index (χ1) is 16.4. The summed E-state index contributed by atoms with van der Waals surface area (Å²) in [6.45, 7) is 6.15. The number of hydrogen-bond acceptors (Lipinski definition) is 4. The Balaban J connectivity index is 0. The van der Waals surface area contributed by atoms with Gasteiger partial charge in [-0.1, -0.05) is 103 Å². The first kappa shape index (κ1) is 34.8. The lowest BCUT2D eigenvalue weighted by atomic mass is 10.1. The van der Waals surface area contributed by atoms with Crippen LogP contribution in [0.25, 0.3) is 0 Å². The minimum Gasteiger partial charge on any atom is -0.481 e. The standard InChI is InChI=1S/C18H34O2.C11H22O3/c1-2-3-4-5-6-7-8-9-10-11-12-13-14-15-16-17-18(19)20;1-3-4-5-6-7-8-11(13)14-9-10(2)12/h9-10H,2-8,11-17H2,1H3,(H,19,20);10,12H,3-9H2,1-2H3/b10-9-;. The van der Waals surface area contributed by atoms with E-state index >= 15 is 0 Å². The number of carboxylic acid groups (broad SMARTS) is 1. The highest BCUT2D eigenvalue weighted by molar-refractivity contribution is 5.69. The van der Waals surface area contributed by atoms with Crippen molar-refractivity contribution in [3.63, 3.8) is 0 Å². The Morgan fingerprint density at radius 1 is 0.676 bits per heavy atom. The number of rotatable bonds is 23. The topological polar surface area (TPSA) is 83.8 Å². The zero-order chi connectivity index (χ0) is 25.7. The number of ether oxygens (including phenoxy) is 1. The van der Waals surface area contributed by atoms with Crippen molar-refractivity contribution in [2.24, 2.45) is 0 Å². The molecule has 202 valence electrons. The van der Waals surface area contributed by atoms with Gasteiger partial charge < -0.3 is 14.9 Å². The molecule has 0 aromatic heterocycles. The summed E-state index contributed by atoms with van der Waals surface area (Å²) >= 11 is 0. The van der Waals surface area contributed by atoms with E-state index in [2.05, 4.69) is 26.0 Å². The van der Waals surface area contributed by atoms with E-state index in [9.17, 15) is 9.59 Å². The van der Waals surface area contributed by atoms with E-state index in [1.54, 1.807) is 6.92 Å². The van der Waals surface area contributed by atoms with Crippen molar-refractivity contribution in [1.29, 1.82) is 0 Å². The lowest BCUT2D eigenvalue weighted by molar-refractivity contribution is -0.146. The van der Waals surface area contributed by atoms with Crippen LogP contribution in [0.1, 0.15) is 149 Å². The molecule has 0 saturated carbocycles. The van der Waals surface area contributed by atoms with Crippen LogP contribution >= 0.6 is 0 Å². The van der Waals surface area contributed by atoms with Crippen LogP contribution < -0.4 is 0 Å². The second kappa shape index (κ2) is 29.7. The smallest absolute Gasteiger partial charge is 0.305 e. The lowest BCUT2D eigenvalue weighted by Crippen LogP contribution is -2.14. The number of hydrogen-bond donors (Lipinski definition) is 2. The van der Waals surface area contributed by atoms with Crippen LogP contribution in [0.5, 0.6) is 0 Å². The fourth-order valence-electron chi connectivity index (χ4n) is 3.51. The molecule has 0 heterocycles. The Morgan fingerprint density at radius 3 is 1.53 bits per heavy atom. The minimum atomic E-state index is -0.664. The number of allylic oxidation sites excluding steroid dienone is 2. The zero-order valence-corrected chi connectivity index (χ0v) is 22.7. The van der Waals surface area contributed by atoms with Gasteiger partial charge in [0.25, 0.3) is 0 Å². The van der Waals surface area contributed by atoms with Crippen molar-refractivity contribution < 1.29 is 24.5 Å². The number of aliphatic hydroxyl groups is 1. The molecule has 0 aliphatic rings. The van der Waals surface area contributed by atoms with Crippen molar-refractivity contribution >= 4 is 11.9 Å². The number of carboxylic acids is 1. The molecule has 0 aromatic carbocycles. The predicted octanol–water partition coefficient (Wildman–Crippen LogP) is 8.38. The number of carbonyl (C=O) groups excluding carboxylic acids is 1. The Bertz CT molecular complexity index is 459. The Morgan fingerprint density at radius 2 is 1.09 bits per heavy atom. The van der Waals surface area contributed by atoms with E-state index in [0.29, 0.717) is 12.8 Å². The molecule has 0 saturated heterocycles. The minimum absolute atomic E-state index is 0.119. The summed E-state index contributed by atoms with van der Waals surface area (Å²) in [5.74, 6) is -0.856. The summed E-state index contributed by atoms with van der Waals surface area (Å²) in [7, 11) is 0. The zero-order valence-electron chi connectivity index (χ0n) is 22.7. The molecule has 0 amide bonds. The maximum Gasteiger partial charge on any atom is 0.305 e. The molecule has 0 spiro atoms. The summed E-state index contributed by atoms with van der Waals surface area (Å²) in [5, 5.41) is 17.4. The van der Waals surface area contributed by atoms with Crippen LogP contribution in [0.2, 0.25) is 0 Å². The Hall–Kier alpha value is -1.36. The molecule has 5 nitrogen and oxygen atoms in total. The fraction of sp³-hybridized carbons (Fsp3) is 0.862. The highest BCUT2D eigenvalue weighted by Gasteiger charge is 2.04. The molecular formula is C29H56O5. The van der Waals surface area contributed by atoms with Gasteiger partial charge in [0.1, 0.15) is 6.61 Å². The first-order valence-corrected chi connectivity index (χ1v) is 14.1. The predicted molar refractivity (Wildman–Crippen MR) is 143 cm³/mol. The summed E-state index contributed by atoms with van der Waals surface area (Å²) in [6, 6.07) is 0. The van der Waals surface area contributed by atoms with E-state index in [0.717, 1.165) is 25.7 Å². The highest BCUT2D eigenvalue weighted by atomic mass is 16.5. The van der Waals surface area contributed by atoms with E-state index in [1.165, 1.54) is 89.9 Å². The normalized spacial score (nSPS) is 11.8. The number of aliphatic hydroxyl groups excluding tert-OH is 1. The van der Waals surface area contributed by atoms with Gasteiger partial charge in [0.15, 0.2) is 0 Å². The van der Waals surface area contributed by atoms with E-state index in [1.807, 2.05) is 0 Å². The van der Waals surface area contributed by atoms with E-state index < -0.39 is 12.1 Å². The third kappa shape index (κ3) is 35.2. The maximum atomic E-state index is 11.0. The van der Waals surface area contributed by atoms with Crippen molar-refractivity contribution in [1.82, 2.24) is 0 Å². The molecule has 0 fully saturated rings. The van der Waals surface area contributed by atoms with E-state index in [-0.39, 0.29) is 12.6 Å². The average Bonchev–Trinajstić information content (AvgIpc) is 2.80. The molecule has 0 aromatic rings. The van der Waals surface area contributed by atoms with Crippen molar-refractivity contribution in [3.05, 3.63) is 12.2 Å². The Kier molecular flexibility index (Phi) is 30.4. The second-order valence-corrected chi connectivity index (χ2v) is 9.42. The number of esters is 1.